The molecule has 0 unspecified atom stereocenters. The van der Waals surface area contributed by atoms with E-state index in [1.165, 1.54) is 11.1 Å². The lowest BCUT2D eigenvalue weighted by Crippen LogP contribution is -3.00. The molecule has 0 aliphatic rings. The molecule has 0 saturated carbocycles. The molecule has 0 saturated heterocycles. The van der Waals surface area contributed by atoms with Crippen LogP contribution in [0.25, 0.3) is 6.08 Å². The van der Waals surface area contributed by atoms with E-state index in [1.807, 2.05) is 6.08 Å². The first-order valence-corrected chi connectivity index (χ1v) is 5.97. The second-order valence-corrected chi connectivity index (χ2v) is 4.57. The van der Waals surface area contributed by atoms with Crippen LogP contribution in [0.5, 0.6) is 0 Å². The van der Waals surface area contributed by atoms with E-state index in [-0.39, 0.29) is 12.4 Å². The van der Waals surface area contributed by atoms with Crippen LogP contribution in [0, 0.1) is 0 Å². The Morgan fingerprint density at radius 2 is 1.94 bits per heavy atom. The summed E-state index contributed by atoms with van der Waals surface area (Å²) in [5, 5.41) is 0. The van der Waals surface area contributed by atoms with Gasteiger partial charge in [0.2, 0.25) is 6.33 Å². The lowest BCUT2D eigenvalue weighted by Gasteiger charge is -2.00. The average molecular weight is 263 g/mol. The number of halogens is 1. The zero-order chi connectivity index (χ0) is 12.3. The molecule has 0 amide bonds. The van der Waals surface area contributed by atoms with Crippen molar-refractivity contribution in [3.63, 3.8) is 0 Å². The molecule has 0 aliphatic carbocycles. The Morgan fingerprint density at radius 1 is 1.28 bits per heavy atom. The summed E-state index contributed by atoms with van der Waals surface area (Å²) in [5.41, 5.74) is 2.47. The summed E-state index contributed by atoms with van der Waals surface area (Å²) in [7, 11) is 0. The zero-order valence-corrected chi connectivity index (χ0v) is 11.6. The number of benzene rings is 1. The van der Waals surface area contributed by atoms with Crippen LogP contribution in [0.2, 0.25) is 0 Å². The van der Waals surface area contributed by atoms with Crippen LogP contribution in [-0.4, -0.2) is 4.57 Å². The van der Waals surface area contributed by atoms with Crippen LogP contribution in [-0.2, 0) is 6.54 Å². The molecular formula is C15H19ClN2. The molecule has 0 fully saturated rings. The first-order chi connectivity index (χ1) is 8.19. The molecule has 1 heterocycles. The van der Waals surface area contributed by atoms with E-state index in [4.69, 9.17) is 0 Å². The van der Waals surface area contributed by atoms with E-state index in [2.05, 4.69) is 72.5 Å². The van der Waals surface area contributed by atoms with Crippen molar-refractivity contribution in [2.45, 2.75) is 26.4 Å². The quantitative estimate of drug-likeness (QED) is 0.689. The average Bonchev–Trinajstić information content (AvgIpc) is 2.79. The number of aromatic nitrogens is 2. The molecule has 96 valence electrons. The van der Waals surface area contributed by atoms with Gasteiger partial charge in [-0.25, -0.2) is 9.13 Å². The predicted molar refractivity (Wildman–Crippen MR) is 70.6 cm³/mol. The molecule has 0 radical (unpaired) electrons. The molecule has 1 aromatic carbocycles. The van der Waals surface area contributed by atoms with Gasteiger partial charge in [0, 0.05) is 0 Å². The van der Waals surface area contributed by atoms with Crippen LogP contribution < -0.4 is 17.0 Å². The molecular weight excluding hydrogens is 244 g/mol. The number of hydrogen-bond acceptors (Lipinski definition) is 0. The van der Waals surface area contributed by atoms with Crippen molar-refractivity contribution in [1.29, 1.82) is 0 Å². The van der Waals surface area contributed by atoms with Crippen LogP contribution in [0.4, 0.5) is 0 Å². The number of imidazole rings is 1. The molecule has 2 rings (SSSR count). The van der Waals surface area contributed by atoms with Crippen molar-refractivity contribution in [3.05, 3.63) is 60.7 Å². The standard InChI is InChI=1S/C15H19N2.ClH/c1-4-14-5-7-15(8-6-14)11-16-9-10-17(12-16)13(2)3;/h4-10,12-13H,1,11H2,2-3H3;1H/q+1;/p-1. The Labute approximate surface area is 115 Å². The van der Waals surface area contributed by atoms with Gasteiger partial charge in [-0.05, 0) is 25.0 Å². The van der Waals surface area contributed by atoms with Crippen molar-refractivity contribution in [2.75, 3.05) is 0 Å². The molecule has 18 heavy (non-hydrogen) atoms. The maximum atomic E-state index is 3.76. The fourth-order valence-electron chi connectivity index (χ4n) is 1.78. The van der Waals surface area contributed by atoms with Crippen LogP contribution >= 0.6 is 0 Å². The summed E-state index contributed by atoms with van der Waals surface area (Å²) in [6.45, 7) is 9.04. The minimum Gasteiger partial charge on any atom is -1.00 e. The lowest BCUT2D eigenvalue weighted by molar-refractivity contribution is -0.687. The van der Waals surface area contributed by atoms with Crippen LogP contribution in [0.15, 0.2) is 49.6 Å². The Morgan fingerprint density at radius 3 is 2.44 bits per heavy atom. The summed E-state index contributed by atoms with van der Waals surface area (Å²) in [6.07, 6.45) is 8.24. The van der Waals surface area contributed by atoms with Crippen molar-refractivity contribution in [1.82, 2.24) is 4.57 Å². The summed E-state index contributed by atoms with van der Waals surface area (Å²) in [5.74, 6) is 0. The normalized spacial score (nSPS) is 10.2. The van der Waals surface area contributed by atoms with Gasteiger partial charge in [0.1, 0.15) is 18.9 Å². The van der Waals surface area contributed by atoms with E-state index < -0.39 is 0 Å². The molecule has 2 nitrogen and oxygen atoms in total. The van der Waals surface area contributed by atoms with Crippen molar-refractivity contribution in [3.8, 4) is 0 Å². The third kappa shape index (κ3) is 3.47. The maximum Gasteiger partial charge on any atom is 0.244 e. The van der Waals surface area contributed by atoms with E-state index in [0.717, 1.165) is 6.54 Å². The lowest BCUT2D eigenvalue weighted by atomic mass is 10.1. The van der Waals surface area contributed by atoms with Gasteiger partial charge >= 0.3 is 0 Å². The largest absolute Gasteiger partial charge is 1.00 e. The van der Waals surface area contributed by atoms with Gasteiger partial charge in [0.05, 0.1) is 6.04 Å². The molecule has 3 heteroatoms. The summed E-state index contributed by atoms with van der Waals surface area (Å²) in [4.78, 5) is 0. The highest BCUT2D eigenvalue weighted by Gasteiger charge is 2.06. The van der Waals surface area contributed by atoms with Gasteiger partial charge in [-0.3, -0.25) is 0 Å². The molecule has 0 spiro atoms. The van der Waals surface area contributed by atoms with Crippen LogP contribution in [0.1, 0.15) is 31.0 Å². The third-order valence-corrected chi connectivity index (χ3v) is 2.89. The van der Waals surface area contributed by atoms with E-state index in [1.54, 1.807) is 0 Å². The van der Waals surface area contributed by atoms with Crippen molar-refractivity contribution >= 4 is 6.08 Å². The van der Waals surface area contributed by atoms with E-state index in [9.17, 15) is 0 Å². The minimum absolute atomic E-state index is 0. The Bertz CT molecular complexity index is 497. The SMILES string of the molecule is C=Cc1ccc(C[n+]2ccn(C(C)C)c2)cc1.[Cl-]. The molecule has 2 aromatic rings. The topological polar surface area (TPSA) is 8.81 Å². The highest BCUT2D eigenvalue weighted by molar-refractivity contribution is 5.47. The minimum atomic E-state index is 0. The number of nitrogens with zero attached hydrogens (tertiary/aromatic N) is 2. The molecule has 0 atom stereocenters. The predicted octanol–water partition coefficient (Wildman–Crippen LogP) is 0.0518. The Kier molecular flexibility index (Phi) is 5.17. The van der Waals surface area contributed by atoms with Gasteiger partial charge in [0.25, 0.3) is 0 Å². The van der Waals surface area contributed by atoms with Gasteiger partial charge in [-0.2, -0.15) is 0 Å². The van der Waals surface area contributed by atoms with Crippen molar-refractivity contribution in [2.24, 2.45) is 0 Å². The highest BCUT2D eigenvalue weighted by Crippen LogP contribution is 2.06. The van der Waals surface area contributed by atoms with Crippen molar-refractivity contribution < 1.29 is 17.0 Å². The molecule has 0 bridgehead atoms. The van der Waals surface area contributed by atoms with E-state index in [0.29, 0.717) is 6.04 Å². The summed E-state index contributed by atoms with van der Waals surface area (Å²) >= 11 is 0. The molecule has 0 aliphatic heterocycles. The summed E-state index contributed by atoms with van der Waals surface area (Å²) in [6, 6.07) is 9.01. The fourth-order valence-corrected chi connectivity index (χ4v) is 1.78. The molecule has 1 aromatic heterocycles. The zero-order valence-electron chi connectivity index (χ0n) is 10.9. The Balaban J connectivity index is 0.00000162. The van der Waals surface area contributed by atoms with Crippen LogP contribution in [0.3, 0.4) is 0 Å². The summed E-state index contributed by atoms with van der Waals surface area (Å²) < 4.78 is 4.40. The Hall–Kier alpha value is -1.54. The molecule has 0 N–H and O–H groups in total. The monoisotopic (exact) mass is 262 g/mol. The fraction of sp³-hybridized carbons (Fsp3) is 0.267. The second kappa shape index (κ2) is 6.41. The van der Waals surface area contributed by atoms with Gasteiger partial charge in [0.15, 0.2) is 0 Å². The van der Waals surface area contributed by atoms with E-state index >= 15 is 0 Å². The second-order valence-electron chi connectivity index (χ2n) is 4.57. The van der Waals surface area contributed by atoms with Gasteiger partial charge < -0.3 is 12.4 Å². The number of rotatable bonds is 4. The van der Waals surface area contributed by atoms with Gasteiger partial charge in [-0.15, -0.1) is 0 Å². The first kappa shape index (κ1) is 14.5. The smallest absolute Gasteiger partial charge is 0.244 e. The maximum absolute atomic E-state index is 3.76. The first-order valence-electron chi connectivity index (χ1n) is 5.97. The third-order valence-electron chi connectivity index (χ3n) is 2.89. The number of hydrogen-bond donors (Lipinski definition) is 0. The highest BCUT2D eigenvalue weighted by atomic mass is 35.5. The van der Waals surface area contributed by atoms with Gasteiger partial charge in [-0.1, -0.05) is 36.9 Å².